The summed E-state index contributed by atoms with van der Waals surface area (Å²) in [6.45, 7) is 15.8. The van der Waals surface area contributed by atoms with Crippen molar-refractivity contribution in [3.05, 3.63) is 0 Å². The molecule has 2 fully saturated rings. The van der Waals surface area contributed by atoms with Crippen molar-refractivity contribution >= 4 is 24.1 Å². The van der Waals surface area contributed by atoms with E-state index >= 15 is 0 Å². The Labute approximate surface area is 282 Å². The van der Waals surface area contributed by atoms with E-state index < -0.39 is 46.2 Å². The first-order chi connectivity index (χ1) is 16.4. The minimum atomic E-state index is -1.06. The van der Waals surface area contributed by atoms with Crippen LogP contribution in [0.25, 0.3) is 0 Å². The van der Waals surface area contributed by atoms with Crippen molar-refractivity contribution in [1.82, 2.24) is 9.80 Å². The van der Waals surface area contributed by atoms with Crippen LogP contribution in [0.3, 0.4) is 0 Å². The molecule has 2 atom stereocenters. The molecule has 0 N–H and O–H groups in total. The molecule has 2 amide bonds. The Morgan fingerprint density at radius 2 is 1.00 bits per heavy atom. The van der Waals surface area contributed by atoms with E-state index in [0.717, 1.165) is 12.8 Å². The zero-order chi connectivity index (χ0) is 27.9. The molecule has 12 heteroatoms. The molecule has 2 aliphatic heterocycles. The summed E-state index contributed by atoms with van der Waals surface area (Å²) < 4.78 is 10.5. The quantitative estimate of drug-likeness (QED) is 0.304. The monoisotopic (exact) mass is 558 g/mol. The first-order valence-corrected chi connectivity index (χ1v) is 12.8. The topological polar surface area (TPSA) is 139 Å². The third-order valence-electron chi connectivity index (χ3n) is 6.33. The molecule has 208 valence electrons. The number of hydrogen-bond donors (Lipinski definition) is 0. The van der Waals surface area contributed by atoms with E-state index in [1.807, 2.05) is 13.8 Å². The molecule has 0 aromatic heterocycles. The minimum Gasteiger partial charge on any atom is -0.549 e. The van der Waals surface area contributed by atoms with E-state index in [9.17, 15) is 29.4 Å². The van der Waals surface area contributed by atoms with E-state index in [0.29, 0.717) is 38.8 Å². The average molecular weight is 559 g/mol. The van der Waals surface area contributed by atoms with Crippen LogP contribution in [0.2, 0.25) is 0 Å². The number of nitrogens with zero attached hydrogens (tertiary/aromatic N) is 2. The van der Waals surface area contributed by atoms with Crippen molar-refractivity contribution in [2.45, 2.75) is 105 Å². The molecular weight excluding hydrogens is 514 g/mol. The van der Waals surface area contributed by atoms with Gasteiger partial charge in [0.25, 0.3) is 0 Å². The number of rotatable bonds is 6. The standard InChI is InChI=1S/2C13H23NO4.K.Li/c2*1-5-6-13(10(15)16)7-8-14(9-13)11(17)18-12(2,3)4;;/h2*5-9H2,1-4H3,(H,15,16);;/q;;2*+1/p-2/t2*13-;;/m00../s1. The van der Waals surface area contributed by atoms with Gasteiger partial charge in [-0.1, -0.05) is 26.7 Å². The molecule has 2 rings (SSSR count). The van der Waals surface area contributed by atoms with Gasteiger partial charge in [0.2, 0.25) is 0 Å². The molecule has 0 aromatic rings. The molecule has 2 aliphatic rings. The van der Waals surface area contributed by atoms with Gasteiger partial charge in [0.05, 0.1) is 0 Å². The maximum Gasteiger partial charge on any atom is 1.00 e. The summed E-state index contributed by atoms with van der Waals surface area (Å²) in [6, 6.07) is 0. The van der Waals surface area contributed by atoms with E-state index in [1.54, 1.807) is 41.5 Å². The smallest absolute Gasteiger partial charge is 0.549 e. The molecule has 0 aliphatic carbocycles. The maximum absolute atomic E-state index is 11.9. The average Bonchev–Trinajstić information content (AvgIpc) is 3.33. The van der Waals surface area contributed by atoms with Crippen LogP contribution < -0.4 is 80.5 Å². The molecule has 0 radical (unpaired) electrons. The van der Waals surface area contributed by atoms with E-state index in [4.69, 9.17) is 9.47 Å². The van der Waals surface area contributed by atoms with Crippen molar-refractivity contribution in [1.29, 1.82) is 0 Å². The molecule has 0 bridgehead atoms. The number of aliphatic carboxylic acids is 2. The Hall–Kier alpha value is -0.286. The van der Waals surface area contributed by atoms with Gasteiger partial charge in [0.15, 0.2) is 0 Å². The molecule has 2 heterocycles. The summed E-state index contributed by atoms with van der Waals surface area (Å²) in [7, 11) is 0. The number of hydrogen-bond acceptors (Lipinski definition) is 8. The normalized spacial score (nSPS) is 22.8. The molecule has 38 heavy (non-hydrogen) atoms. The van der Waals surface area contributed by atoms with Crippen molar-refractivity contribution < 1.29 is 109 Å². The minimum absolute atomic E-state index is 0. The fourth-order valence-electron chi connectivity index (χ4n) is 4.61. The van der Waals surface area contributed by atoms with E-state index in [1.165, 1.54) is 9.80 Å². The number of amides is 2. The number of carbonyl (C=O) groups excluding carboxylic acids is 4. The first-order valence-electron chi connectivity index (χ1n) is 12.8. The molecular formula is C26H44KLiN2O8. The fourth-order valence-corrected chi connectivity index (χ4v) is 4.61. The van der Waals surface area contributed by atoms with Gasteiger partial charge in [-0.15, -0.1) is 0 Å². The van der Waals surface area contributed by atoms with Gasteiger partial charge >= 0.3 is 82.4 Å². The predicted molar refractivity (Wildman–Crippen MR) is 130 cm³/mol. The van der Waals surface area contributed by atoms with Gasteiger partial charge in [0, 0.05) is 48.9 Å². The van der Waals surface area contributed by atoms with Crippen LogP contribution >= 0.6 is 0 Å². The molecule has 2 saturated heterocycles. The number of ether oxygens (including phenoxy) is 2. The Bertz CT molecular complexity index is 748. The maximum atomic E-state index is 11.9. The van der Waals surface area contributed by atoms with Gasteiger partial charge < -0.3 is 39.1 Å². The molecule has 0 unspecified atom stereocenters. The van der Waals surface area contributed by atoms with E-state index in [2.05, 4.69) is 0 Å². The van der Waals surface area contributed by atoms with Crippen LogP contribution in [0, 0.1) is 10.8 Å². The Morgan fingerprint density at radius 3 is 1.21 bits per heavy atom. The third kappa shape index (κ3) is 12.1. The molecule has 0 aromatic carbocycles. The Morgan fingerprint density at radius 1 is 0.711 bits per heavy atom. The van der Waals surface area contributed by atoms with Crippen molar-refractivity contribution in [3.63, 3.8) is 0 Å². The van der Waals surface area contributed by atoms with Crippen LogP contribution in [-0.2, 0) is 19.1 Å². The summed E-state index contributed by atoms with van der Waals surface area (Å²) in [5.41, 5.74) is -2.92. The zero-order valence-electron chi connectivity index (χ0n) is 25.2. The van der Waals surface area contributed by atoms with Crippen LogP contribution in [0.4, 0.5) is 9.59 Å². The number of carboxylic acids is 2. The van der Waals surface area contributed by atoms with Gasteiger partial charge in [-0.05, 0) is 67.2 Å². The Kier molecular flexibility index (Phi) is 17.0. The summed E-state index contributed by atoms with van der Waals surface area (Å²) in [4.78, 5) is 49.2. The van der Waals surface area contributed by atoms with Crippen molar-refractivity contribution in [2.75, 3.05) is 26.2 Å². The van der Waals surface area contributed by atoms with Crippen molar-refractivity contribution in [2.24, 2.45) is 10.8 Å². The summed E-state index contributed by atoms with van der Waals surface area (Å²) >= 11 is 0. The van der Waals surface area contributed by atoms with Gasteiger partial charge in [0.1, 0.15) is 11.2 Å². The molecule has 0 spiro atoms. The number of carboxylic acid groups (broad SMARTS) is 2. The summed E-state index contributed by atoms with van der Waals surface area (Å²) in [5.74, 6) is -2.12. The van der Waals surface area contributed by atoms with Gasteiger partial charge in [-0.25, -0.2) is 9.59 Å². The number of likely N-dealkylation sites (tertiary alicyclic amines) is 2. The summed E-state index contributed by atoms with van der Waals surface area (Å²) in [6.07, 6.45) is 2.60. The van der Waals surface area contributed by atoms with Crippen LogP contribution in [0.15, 0.2) is 0 Å². The Balaban J connectivity index is 0. The van der Waals surface area contributed by atoms with Crippen LogP contribution in [-0.4, -0.2) is 71.3 Å². The second-order valence-electron chi connectivity index (χ2n) is 11.9. The zero-order valence-corrected chi connectivity index (χ0v) is 28.4. The second kappa shape index (κ2) is 16.2. The predicted octanol–water partition coefficient (Wildman–Crippen LogP) is -3.66. The van der Waals surface area contributed by atoms with Crippen LogP contribution in [0.5, 0.6) is 0 Å². The SMILES string of the molecule is CCC[C@]1(C(=O)[O-])CCN(C(=O)OC(C)(C)C)C1.CCC[C@]1(C(=O)[O-])CCN(C(=O)OC(C)(C)C)C1.[K+].[Li+]. The third-order valence-corrected chi connectivity index (χ3v) is 6.33. The summed E-state index contributed by atoms with van der Waals surface area (Å²) in [5, 5.41) is 22.6. The fraction of sp³-hybridized carbons (Fsp3) is 0.846. The largest absolute Gasteiger partial charge is 1.00 e. The van der Waals surface area contributed by atoms with Gasteiger partial charge in [-0.2, -0.15) is 0 Å². The van der Waals surface area contributed by atoms with Crippen molar-refractivity contribution in [3.8, 4) is 0 Å². The molecule has 0 saturated carbocycles. The first kappa shape index (κ1) is 39.9. The van der Waals surface area contributed by atoms with Crippen LogP contribution in [0.1, 0.15) is 93.9 Å². The van der Waals surface area contributed by atoms with E-state index in [-0.39, 0.29) is 83.3 Å². The number of carbonyl (C=O) groups is 4. The second-order valence-corrected chi connectivity index (χ2v) is 11.9. The van der Waals surface area contributed by atoms with Gasteiger partial charge in [-0.3, -0.25) is 0 Å². The molecule has 10 nitrogen and oxygen atoms in total.